The smallest absolute Gasteiger partial charge is 0.0606 e. The van der Waals surface area contributed by atoms with Crippen LogP contribution in [-0.2, 0) is 5.41 Å². The van der Waals surface area contributed by atoms with Gasteiger partial charge in [-0.1, -0.05) is 32.0 Å². The first-order chi connectivity index (χ1) is 7.43. The van der Waals surface area contributed by atoms with Gasteiger partial charge in [0.25, 0.3) is 0 Å². The lowest BCUT2D eigenvalue weighted by Gasteiger charge is -2.42. The van der Waals surface area contributed by atoms with E-state index in [1.54, 1.807) is 0 Å². The molecule has 0 saturated heterocycles. The van der Waals surface area contributed by atoms with Gasteiger partial charge in [0.05, 0.1) is 6.61 Å². The van der Waals surface area contributed by atoms with Crippen molar-refractivity contribution in [3.8, 4) is 0 Å². The van der Waals surface area contributed by atoms with E-state index in [0.717, 1.165) is 0 Å². The fourth-order valence-electron chi connectivity index (χ4n) is 2.71. The average molecular weight is 219 g/mol. The van der Waals surface area contributed by atoms with Gasteiger partial charge in [0.1, 0.15) is 0 Å². The molecule has 1 aromatic rings. The molecule has 0 radical (unpaired) electrons. The number of benzene rings is 1. The van der Waals surface area contributed by atoms with Crippen molar-refractivity contribution in [3.05, 3.63) is 29.8 Å². The molecule has 1 N–H and O–H groups in total. The molecule has 0 bridgehead atoms. The van der Waals surface area contributed by atoms with E-state index in [9.17, 15) is 5.11 Å². The highest BCUT2D eigenvalue weighted by Gasteiger charge is 2.49. The topological polar surface area (TPSA) is 23.5 Å². The fourth-order valence-corrected chi connectivity index (χ4v) is 2.71. The van der Waals surface area contributed by atoms with Crippen molar-refractivity contribution >= 4 is 5.69 Å². The van der Waals surface area contributed by atoms with E-state index in [-0.39, 0.29) is 17.6 Å². The van der Waals surface area contributed by atoms with Crippen molar-refractivity contribution < 1.29 is 5.11 Å². The van der Waals surface area contributed by atoms with Crippen LogP contribution in [0.25, 0.3) is 0 Å². The summed E-state index contributed by atoms with van der Waals surface area (Å²) in [6.07, 6.45) is 0. The summed E-state index contributed by atoms with van der Waals surface area (Å²) in [5, 5.41) is 9.21. The van der Waals surface area contributed by atoms with Crippen LogP contribution in [0.1, 0.15) is 33.3 Å². The lowest BCUT2D eigenvalue weighted by Crippen LogP contribution is -2.51. The maximum atomic E-state index is 9.21. The number of hydrogen-bond acceptors (Lipinski definition) is 2. The van der Waals surface area contributed by atoms with Crippen molar-refractivity contribution in [3.63, 3.8) is 0 Å². The Kier molecular flexibility index (Phi) is 2.50. The first kappa shape index (κ1) is 11.5. The summed E-state index contributed by atoms with van der Waals surface area (Å²) in [5.74, 6) is 0. The Hall–Kier alpha value is -1.02. The number of aliphatic hydroxyl groups is 1. The van der Waals surface area contributed by atoms with Gasteiger partial charge in [-0.3, -0.25) is 0 Å². The molecule has 16 heavy (non-hydrogen) atoms. The van der Waals surface area contributed by atoms with Crippen LogP contribution in [0.2, 0.25) is 0 Å². The zero-order chi connectivity index (χ0) is 12.0. The molecule has 0 fully saturated rings. The average Bonchev–Trinajstić information content (AvgIpc) is 2.38. The zero-order valence-corrected chi connectivity index (χ0v) is 10.6. The summed E-state index contributed by atoms with van der Waals surface area (Å²) in [7, 11) is 0. The molecule has 0 aliphatic carbocycles. The molecule has 0 unspecified atom stereocenters. The van der Waals surface area contributed by atoms with E-state index in [2.05, 4.69) is 56.9 Å². The van der Waals surface area contributed by atoms with Crippen LogP contribution in [0.15, 0.2) is 24.3 Å². The molecule has 0 atom stereocenters. The van der Waals surface area contributed by atoms with Gasteiger partial charge in [0.2, 0.25) is 0 Å². The summed E-state index contributed by atoms with van der Waals surface area (Å²) in [6, 6.07) is 8.52. The van der Waals surface area contributed by atoms with Gasteiger partial charge in [0, 0.05) is 23.2 Å². The molecular formula is C14H21NO. The summed E-state index contributed by atoms with van der Waals surface area (Å²) in [6.45, 7) is 9.97. The van der Waals surface area contributed by atoms with Gasteiger partial charge in [-0.2, -0.15) is 0 Å². The molecular weight excluding hydrogens is 198 g/mol. The second-order valence-corrected chi connectivity index (χ2v) is 5.58. The van der Waals surface area contributed by atoms with Gasteiger partial charge in [-0.25, -0.2) is 0 Å². The van der Waals surface area contributed by atoms with Crippen molar-refractivity contribution in [1.82, 2.24) is 0 Å². The van der Waals surface area contributed by atoms with Crippen molar-refractivity contribution in [2.75, 3.05) is 18.1 Å². The Morgan fingerprint density at radius 1 is 1.12 bits per heavy atom. The first-order valence-electron chi connectivity index (χ1n) is 5.91. The van der Waals surface area contributed by atoms with Gasteiger partial charge in [-0.05, 0) is 25.5 Å². The molecule has 0 saturated carbocycles. The predicted octanol–water partition coefficient (Wildman–Crippen LogP) is 2.56. The van der Waals surface area contributed by atoms with E-state index in [4.69, 9.17) is 0 Å². The van der Waals surface area contributed by atoms with E-state index in [1.165, 1.54) is 11.3 Å². The number of anilines is 1. The monoisotopic (exact) mass is 219 g/mol. The molecule has 1 aliphatic rings. The van der Waals surface area contributed by atoms with Crippen molar-refractivity contribution in [1.29, 1.82) is 0 Å². The minimum absolute atomic E-state index is 0.0411. The Morgan fingerprint density at radius 2 is 1.75 bits per heavy atom. The van der Waals surface area contributed by atoms with Crippen molar-refractivity contribution in [2.24, 2.45) is 0 Å². The van der Waals surface area contributed by atoms with Crippen molar-refractivity contribution in [2.45, 2.75) is 38.6 Å². The molecule has 1 aliphatic heterocycles. The minimum Gasteiger partial charge on any atom is -0.395 e. The van der Waals surface area contributed by atoms with Gasteiger partial charge in [0.15, 0.2) is 0 Å². The van der Waals surface area contributed by atoms with Crippen LogP contribution in [0.3, 0.4) is 0 Å². The maximum absolute atomic E-state index is 9.21. The van der Waals surface area contributed by atoms with E-state index >= 15 is 0 Å². The van der Waals surface area contributed by atoms with Crippen LogP contribution in [0.4, 0.5) is 5.69 Å². The third-order valence-electron chi connectivity index (χ3n) is 4.40. The number of para-hydroxylation sites is 1. The lowest BCUT2D eigenvalue weighted by molar-refractivity contribution is 0.263. The standard InChI is InChI=1S/C14H21NO/c1-13(2)11-7-5-6-8-12(11)15(9-10-16)14(13,3)4/h5-8,16H,9-10H2,1-4H3. The van der Waals surface area contributed by atoms with Crippen LogP contribution in [0.5, 0.6) is 0 Å². The highest BCUT2D eigenvalue weighted by molar-refractivity contribution is 5.65. The molecule has 2 heteroatoms. The normalized spacial score (nSPS) is 20.9. The summed E-state index contributed by atoms with van der Waals surface area (Å²) in [4.78, 5) is 2.32. The Morgan fingerprint density at radius 3 is 2.38 bits per heavy atom. The number of aliphatic hydroxyl groups excluding tert-OH is 1. The van der Waals surface area contributed by atoms with Crippen LogP contribution in [-0.4, -0.2) is 23.8 Å². The van der Waals surface area contributed by atoms with E-state index < -0.39 is 0 Å². The highest BCUT2D eigenvalue weighted by atomic mass is 16.3. The lowest BCUT2D eigenvalue weighted by atomic mass is 9.72. The molecule has 0 spiro atoms. The van der Waals surface area contributed by atoms with E-state index in [1.807, 2.05) is 0 Å². The molecule has 0 amide bonds. The predicted molar refractivity (Wildman–Crippen MR) is 68.0 cm³/mol. The highest BCUT2D eigenvalue weighted by Crippen LogP contribution is 2.50. The molecule has 2 rings (SSSR count). The molecule has 0 aromatic heterocycles. The fraction of sp³-hybridized carbons (Fsp3) is 0.571. The Bertz CT molecular complexity index is 395. The molecule has 88 valence electrons. The van der Waals surface area contributed by atoms with E-state index in [0.29, 0.717) is 6.54 Å². The van der Waals surface area contributed by atoms with Crippen LogP contribution >= 0.6 is 0 Å². The molecule has 1 heterocycles. The Labute approximate surface area is 97.9 Å². The summed E-state index contributed by atoms with van der Waals surface area (Å²) < 4.78 is 0. The van der Waals surface area contributed by atoms with Gasteiger partial charge >= 0.3 is 0 Å². The van der Waals surface area contributed by atoms with Crippen LogP contribution < -0.4 is 4.90 Å². The SMILES string of the molecule is CC1(C)c2ccccc2N(CCO)C1(C)C. The number of β-amino-alcohol motifs (C(OH)–C–C–N with tert-alkyl or cyclic N) is 1. The summed E-state index contributed by atoms with van der Waals surface area (Å²) in [5.41, 5.74) is 2.80. The maximum Gasteiger partial charge on any atom is 0.0606 e. The third-order valence-corrected chi connectivity index (χ3v) is 4.40. The molecule has 1 aromatic carbocycles. The third kappa shape index (κ3) is 1.29. The second kappa shape index (κ2) is 3.49. The number of rotatable bonds is 2. The number of nitrogens with zero attached hydrogens (tertiary/aromatic N) is 1. The summed E-state index contributed by atoms with van der Waals surface area (Å²) >= 11 is 0. The molecule has 2 nitrogen and oxygen atoms in total. The number of hydrogen-bond donors (Lipinski definition) is 1. The van der Waals surface area contributed by atoms with Crippen LogP contribution in [0, 0.1) is 0 Å². The zero-order valence-electron chi connectivity index (χ0n) is 10.6. The quantitative estimate of drug-likeness (QED) is 0.826. The Balaban J connectivity index is 2.57. The minimum atomic E-state index is 0.0411. The number of fused-ring (bicyclic) bond motifs is 1. The largest absolute Gasteiger partial charge is 0.395 e. The van der Waals surface area contributed by atoms with Gasteiger partial charge < -0.3 is 10.0 Å². The first-order valence-corrected chi connectivity index (χ1v) is 5.91. The van der Waals surface area contributed by atoms with Gasteiger partial charge in [-0.15, -0.1) is 0 Å². The second-order valence-electron chi connectivity index (χ2n) is 5.58.